The summed E-state index contributed by atoms with van der Waals surface area (Å²) in [6.45, 7) is 0.366. The van der Waals surface area contributed by atoms with Gasteiger partial charge in [0, 0.05) is 42.0 Å². The van der Waals surface area contributed by atoms with Crippen LogP contribution >= 0.6 is 11.8 Å². The minimum Gasteiger partial charge on any atom is -0.478 e. The molecule has 6 rings (SSSR count). The molecule has 3 atom stereocenters. The van der Waals surface area contributed by atoms with E-state index >= 15 is 0 Å². The number of nitrogens with two attached hydrogens (primary N) is 1. The number of para-hydroxylation sites is 2. The Morgan fingerprint density at radius 1 is 0.732 bits per heavy atom. The van der Waals surface area contributed by atoms with E-state index in [9.17, 15) is 24.6 Å². The number of carbonyl (C=O) groups excluding carboxylic acids is 2. The van der Waals surface area contributed by atoms with E-state index < -0.39 is 12.3 Å². The van der Waals surface area contributed by atoms with Gasteiger partial charge in [0.25, 0.3) is 0 Å². The number of thioether (sulfide) groups is 1. The van der Waals surface area contributed by atoms with Gasteiger partial charge in [0.15, 0.2) is 6.29 Å². The number of rotatable bonds is 17. The molecule has 1 aliphatic rings. The van der Waals surface area contributed by atoms with E-state index in [0.29, 0.717) is 55.8 Å². The molecule has 1 fully saturated rings. The van der Waals surface area contributed by atoms with Gasteiger partial charge >= 0.3 is 5.97 Å². The minimum atomic E-state index is -0.956. The van der Waals surface area contributed by atoms with Crippen LogP contribution in [0.25, 0.3) is 11.1 Å². The highest BCUT2D eigenvalue weighted by Crippen LogP contribution is 2.40. The quantitative estimate of drug-likeness (QED) is 0.0354. The second-order valence-electron chi connectivity index (χ2n) is 13.8. The Morgan fingerprint density at radius 2 is 1.45 bits per heavy atom. The zero-order valence-corrected chi connectivity index (χ0v) is 31.9. The first-order valence-corrected chi connectivity index (χ1v) is 19.8. The Balaban J connectivity index is 1.04. The fourth-order valence-electron chi connectivity index (χ4n) is 6.49. The van der Waals surface area contributed by atoms with Crippen molar-refractivity contribution in [2.75, 3.05) is 16.8 Å². The van der Waals surface area contributed by atoms with Gasteiger partial charge in [-0.3, -0.25) is 9.59 Å². The van der Waals surface area contributed by atoms with Crippen molar-refractivity contribution in [3.8, 4) is 11.1 Å². The van der Waals surface area contributed by atoms with Crippen molar-refractivity contribution >= 4 is 40.9 Å². The largest absolute Gasteiger partial charge is 0.478 e. The van der Waals surface area contributed by atoms with Crippen LogP contribution < -0.4 is 16.4 Å². The highest BCUT2D eigenvalue weighted by molar-refractivity contribution is 7.99. The Morgan fingerprint density at radius 3 is 2.18 bits per heavy atom. The standard InChI is InChI=1S/C45H47N3O7S/c46-39-12-4-5-13-40(39)48-43(51)15-3-1-2-14-42(50)47-27-31-8-6-9-34(24-31)35-10-7-11-36(25-35)45-54-37(29-56-38-22-20-33(21-23-38)44(52)53)26-41(55-45)32-18-16-30(28-49)17-19-32/h4-13,16-25,37,41,45,49H,1-3,14-15,26-29,46H2,(H,47,50)(H,48,51)(H,52,53)/t37-,41+,45+/m0/s1. The molecular formula is C45H47N3O7S. The molecule has 1 aliphatic heterocycles. The van der Waals surface area contributed by atoms with E-state index in [1.54, 1.807) is 36.0 Å². The van der Waals surface area contributed by atoms with Crippen molar-refractivity contribution in [3.05, 3.63) is 149 Å². The second kappa shape index (κ2) is 19.9. The number of hydrogen-bond donors (Lipinski definition) is 5. The molecule has 0 saturated carbocycles. The molecule has 5 aromatic rings. The summed E-state index contributed by atoms with van der Waals surface area (Å²) in [6, 6.07) is 38.0. The lowest BCUT2D eigenvalue weighted by molar-refractivity contribution is -0.245. The maximum absolute atomic E-state index is 12.7. The first kappa shape index (κ1) is 40.2. The summed E-state index contributed by atoms with van der Waals surface area (Å²) in [5, 5.41) is 24.7. The van der Waals surface area contributed by atoms with Crippen LogP contribution in [0.1, 0.15) is 83.5 Å². The number of unbranched alkanes of at least 4 members (excludes halogenated alkanes) is 2. The molecule has 1 saturated heterocycles. The third-order valence-corrected chi connectivity index (χ3v) is 10.7. The summed E-state index contributed by atoms with van der Waals surface area (Å²) in [4.78, 5) is 37.2. The van der Waals surface area contributed by atoms with Crippen LogP contribution in [0.15, 0.2) is 126 Å². The second-order valence-corrected chi connectivity index (χ2v) is 14.9. The predicted octanol–water partition coefficient (Wildman–Crippen LogP) is 8.67. The van der Waals surface area contributed by atoms with Gasteiger partial charge in [0.1, 0.15) is 0 Å². The molecule has 11 heteroatoms. The molecule has 290 valence electrons. The lowest BCUT2D eigenvalue weighted by atomic mass is 9.99. The molecule has 10 nitrogen and oxygen atoms in total. The molecule has 0 aromatic heterocycles. The predicted molar refractivity (Wildman–Crippen MR) is 219 cm³/mol. The lowest BCUT2D eigenvalue weighted by Crippen LogP contribution is -2.31. The highest BCUT2D eigenvalue weighted by Gasteiger charge is 2.32. The number of carboxylic acid groups (broad SMARTS) is 1. The van der Waals surface area contributed by atoms with E-state index in [4.69, 9.17) is 15.2 Å². The zero-order valence-electron chi connectivity index (χ0n) is 31.1. The van der Waals surface area contributed by atoms with Crippen LogP contribution in [-0.2, 0) is 32.2 Å². The van der Waals surface area contributed by atoms with Crippen LogP contribution in [0.4, 0.5) is 11.4 Å². The molecular weight excluding hydrogens is 727 g/mol. The number of aliphatic hydroxyl groups is 1. The van der Waals surface area contributed by atoms with E-state index in [-0.39, 0.29) is 36.2 Å². The van der Waals surface area contributed by atoms with Crippen molar-refractivity contribution < 1.29 is 34.1 Å². The van der Waals surface area contributed by atoms with Crippen LogP contribution in [0.2, 0.25) is 0 Å². The molecule has 0 spiro atoms. The Bertz CT molecular complexity index is 2090. The summed E-state index contributed by atoms with van der Waals surface area (Å²) in [5.74, 6) is -0.432. The first-order chi connectivity index (χ1) is 27.2. The molecule has 0 unspecified atom stereocenters. The third kappa shape index (κ3) is 11.5. The summed E-state index contributed by atoms with van der Waals surface area (Å²) < 4.78 is 13.2. The van der Waals surface area contributed by atoms with E-state index in [1.165, 1.54) is 0 Å². The molecule has 5 aromatic carbocycles. The maximum atomic E-state index is 12.7. The number of amides is 2. The van der Waals surface area contributed by atoms with Gasteiger partial charge < -0.3 is 36.1 Å². The molecule has 0 aliphatic carbocycles. The number of benzene rings is 5. The summed E-state index contributed by atoms with van der Waals surface area (Å²) >= 11 is 1.61. The van der Waals surface area contributed by atoms with Gasteiger partial charge in [-0.25, -0.2) is 4.79 Å². The smallest absolute Gasteiger partial charge is 0.335 e. The number of aliphatic hydroxyl groups excluding tert-OH is 1. The summed E-state index contributed by atoms with van der Waals surface area (Å²) in [7, 11) is 0. The zero-order chi connectivity index (χ0) is 39.3. The number of ether oxygens (including phenoxy) is 2. The monoisotopic (exact) mass is 773 g/mol. The Labute approximate surface area is 331 Å². The molecule has 2 amide bonds. The van der Waals surface area contributed by atoms with Gasteiger partial charge in [0.2, 0.25) is 11.8 Å². The highest BCUT2D eigenvalue weighted by atomic mass is 32.2. The van der Waals surface area contributed by atoms with Crippen molar-refractivity contribution in [2.24, 2.45) is 0 Å². The van der Waals surface area contributed by atoms with Gasteiger partial charge in [0.05, 0.1) is 35.8 Å². The number of nitrogens with one attached hydrogen (secondary N) is 2. The van der Waals surface area contributed by atoms with E-state index in [1.807, 2.05) is 84.9 Å². The fraction of sp³-hybridized carbons (Fsp3) is 0.267. The number of hydrogen-bond acceptors (Lipinski definition) is 8. The normalized spacial score (nSPS) is 16.6. The van der Waals surface area contributed by atoms with Gasteiger partial charge in [-0.1, -0.05) is 79.2 Å². The molecule has 0 radical (unpaired) electrons. The minimum absolute atomic E-state index is 0.0314. The average molecular weight is 774 g/mol. The number of carbonyl (C=O) groups is 3. The number of nitrogen functional groups attached to an aromatic ring is 1. The van der Waals surface area contributed by atoms with Crippen LogP contribution in [0.3, 0.4) is 0 Å². The summed E-state index contributed by atoms with van der Waals surface area (Å²) in [5.41, 5.74) is 13.0. The molecule has 1 heterocycles. The van der Waals surface area contributed by atoms with Crippen molar-refractivity contribution in [1.82, 2.24) is 5.32 Å². The van der Waals surface area contributed by atoms with Crippen LogP contribution in [-0.4, -0.2) is 39.9 Å². The fourth-order valence-corrected chi connectivity index (χ4v) is 7.41. The van der Waals surface area contributed by atoms with Gasteiger partial charge in [-0.05, 0) is 89.2 Å². The SMILES string of the molecule is Nc1ccccc1NC(=O)CCCCCC(=O)NCc1cccc(-c2cccc([C@@H]3O[C@H](CSc4ccc(C(=O)O)cc4)C[C@H](c4ccc(CO)cc4)O3)c2)c1. The topological polar surface area (TPSA) is 160 Å². The van der Waals surface area contributed by atoms with Crippen LogP contribution in [0.5, 0.6) is 0 Å². The Kier molecular flexibility index (Phi) is 14.3. The van der Waals surface area contributed by atoms with Gasteiger partial charge in [-0.15, -0.1) is 11.8 Å². The maximum Gasteiger partial charge on any atom is 0.335 e. The molecule has 0 bridgehead atoms. The molecule has 56 heavy (non-hydrogen) atoms. The Hall–Kier alpha value is -5.46. The van der Waals surface area contributed by atoms with Crippen LogP contribution in [0, 0.1) is 0 Å². The summed E-state index contributed by atoms with van der Waals surface area (Å²) in [6.07, 6.45) is 2.51. The van der Waals surface area contributed by atoms with Gasteiger partial charge in [-0.2, -0.15) is 0 Å². The third-order valence-electron chi connectivity index (χ3n) is 9.60. The number of carboxylic acids is 1. The lowest BCUT2D eigenvalue weighted by Gasteiger charge is -2.36. The van der Waals surface area contributed by atoms with E-state index in [2.05, 4.69) is 22.8 Å². The van der Waals surface area contributed by atoms with Crippen molar-refractivity contribution in [3.63, 3.8) is 0 Å². The van der Waals surface area contributed by atoms with Crippen molar-refractivity contribution in [2.45, 2.75) is 75.1 Å². The van der Waals surface area contributed by atoms with E-state index in [0.717, 1.165) is 44.7 Å². The first-order valence-electron chi connectivity index (χ1n) is 18.8. The number of anilines is 2. The number of aromatic carboxylic acids is 1. The average Bonchev–Trinajstić information content (AvgIpc) is 3.23. The molecule has 6 N–H and O–H groups in total. The van der Waals surface area contributed by atoms with Crippen molar-refractivity contribution in [1.29, 1.82) is 0 Å².